The Labute approximate surface area is 148 Å². The lowest BCUT2D eigenvalue weighted by Gasteiger charge is -2.11. The van der Waals surface area contributed by atoms with Gasteiger partial charge in [-0.15, -0.1) is 11.3 Å². The van der Waals surface area contributed by atoms with E-state index in [0.717, 1.165) is 37.5 Å². The van der Waals surface area contributed by atoms with Crippen LogP contribution in [0.15, 0.2) is 39.2 Å². The average molecular weight is 402 g/mol. The molecule has 0 aliphatic rings. The summed E-state index contributed by atoms with van der Waals surface area (Å²) in [4.78, 5) is 9.64. The molecule has 2 rings (SSSR count). The van der Waals surface area contributed by atoms with Crippen LogP contribution in [0, 0.1) is 0 Å². The molecule has 0 aromatic carbocycles. The summed E-state index contributed by atoms with van der Waals surface area (Å²) in [5, 5.41) is 7.13. The first-order valence-corrected chi connectivity index (χ1v) is 8.95. The minimum atomic E-state index is 0.523. The van der Waals surface area contributed by atoms with Crippen LogP contribution in [0.3, 0.4) is 0 Å². The van der Waals surface area contributed by atoms with Gasteiger partial charge in [-0.05, 0) is 52.5 Å². The van der Waals surface area contributed by atoms with Crippen LogP contribution in [0.4, 0.5) is 0 Å². The fourth-order valence-electron chi connectivity index (χ4n) is 1.89. The number of pyridine rings is 1. The minimum absolute atomic E-state index is 0.523. The maximum Gasteiger partial charge on any atom is 0.190 e. The molecule has 2 aromatic rings. The number of hydrogen-bond donors (Lipinski definition) is 2. The molecule has 118 valence electrons. The third kappa shape index (κ3) is 5.94. The molecular weight excluding hydrogens is 384 g/mol. The molecule has 0 saturated carbocycles. The van der Waals surface area contributed by atoms with Crippen LogP contribution in [0.25, 0.3) is 0 Å². The third-order valence-corrected chi connectivity index (χ3v) is 4.92. The number of aromatic nitrogens is 1. The van der Waals surface area contributed by atoms with E-state index in [-0.39, 0.29) is 0 Å². The molecule has 2 aromatic heterocycles. The van der Waals surface area contributed by atoms with Crippen LogP contribution in [0.1, 0.15) is 10.4 Å². The molecule has 22 heavy (non-hydrogen) atoms. The SMILES string of the molecule is CN=C(NCCc1ccc(Cl)nc1)NCCc1ccc(Br)s1. The summed E-state index contributed by atoms with van der Waals surface area (Å²) >= 11 is 11.0. The summed E-state index contributed by atoms with van der Waals surface area (Å²) in [7, 11) is 1.78. The summed E-state index contributed by atoms with van der Waals surface area (Å²) in [5.74, 6) is 0.817. The topological polar surface area (TPSA) is 49.3 Å². The van der Waals surface area contributed by atoms with Crippen LogP contribution in [-0.2, 0) is 12.8 Å². The van der Waals surface area contributed by atoms with Crippen LogP contribution < -0.4 is 10.6 Å². The zero-order valence-corrected chi connectivity index (χ0v) is 15.4. The van der Waals surface area contributed by atoms with Crippen LogP contribution in [-0.4, -0.2) is 31.1 Å². The van der Waals surface area contributed by atoms with Crippen molar-refractivity contribution in [1.29, 1.82) is 0 Å². The van der Waals surface area contributed by atoms with Gasteiger partial charge in [0.1, 0.15) is 5.15 Å². The Kier molecular flexibility index (Phi) is 7.15. The largest absolute Gasteiger partial charge is 0.356 e. The quantitative estimate of drug-likeness (QED) is 0.442. The Morgan fingerprint density at radius 1 is 1.23 bits per heavy atom. The molecule has 0 aliphatic heterocycles. The first-order chi connectivity index (χ1) is 10.7. The smallest absolute Gasteiger partial charge is 0.190 e. The van der Waals surface area contributed by atoms with Gasteiger partial charge in [0.2, 0.25) is 0 Å². The Morgan fingerprint density at radius 3 is 2.59 bits per heavy atom. The van der Waals surface area contributed by atoms with E-state index >= 15 is 0 Å². The second-order valence-electron chi connectivity index (χ2n) is 4.62. The van der Waals surface area contributed by atoms with Crippen molar-refractivity contribution in [2.75, 3.05) is 20.1 Å². The van der Waals surface area contributed by atoms with Crippen molar-refractivity contribution >= 4 is 44.8 Å². The van der Waals surface area contributed by atoms with Gasteiger partial charge in [0.05, 0.1) is 3.79 Å². The molecule has 0 spiro atoms. The van der Waals surface area contributed by atoms with Gasteiger partial charge >= 0.3 is 0 Å². The van der Waals surface area contributed by atoms with E-state index < -0.39 is 0 Å². The van der Waals surface area contributed by atoms with Gasteiger partial charge < -0.3 is 10.6 Å². The number of hydrogen-bond acceptors (Lipinski definition) is 3. The van der Waals surface area contributed by atoms with Crippen LogP contribution in [0.5, 0.6) is 0 Å². The summed E-state index contributed by atoms with van der Waals surface area (Å²) in [6, 6.07) is 8.01. The number of halogens is 2. The van der Waals surface area contributed by atoms with E-state index in [9.17, 15) is 0 Å². The zero-order valence-electron chi connectivity index (χ0n) is 12.3. The van der Waals surface area contributed by atoms with Crippen molar-refractivity contribution in [1.82, 2.24) is 15.6 Å². The van der Waals surface area contributed by atoms with Gasteiger partial charge in [-0.25, -0.2) is 4.98 Å². The lowest BCUT2D eigenvalue weighted by Crippen LogP contribution is -2.39. The van der Waals surface area contributed by atoms with Crippen LogP contribution in [0.2, 0.25) is 5.15 Å². The second kappa shape index (κ2) is 9.12. The predicted octanol–water partition coefficient (Wildman–Crippen LogP) is 3.51. The Balaban J connectivity index is 1.67. The Morgan fingerprint density at radius 2 is 2.00 bits per heavy atom. The van der Waals surface area contributed by atoms with Crippen molar-refractivity contribution in [3.8, 4) is 0 Å². The monoisotopic (exact) mass is 400 g/mol. The van der Waals surface area contributed by atoms with Gasteiger partial charge in [-0.2, -0.15) is 0 Å². The standard InChI is InChI=1S/C15H18BrClN4S/c1-18-15(20-9-7-12-3-4-13(16)22-12)19-8-6-11-2-5-14(17)21-10-11/h2-5,10H,6-9H2,1H3,(H2,18,19,20). The van der Waals surface area contributed by atoms with Crippen LogP contribution >= 0.6 is 38.9 Å². The molecule has 4 nitrogen and oxygen atoms in total. The molecule has 0 radical (unpaired) electrons. The molecular formula is C15H18BrClN4S. The van der Waals surface area contributed by atoms with Crippen molar-refractivity contribution in [2.45, 2.75) is 12.8 Å². The van der Waals surface area contributed by atoms with Crippen molar-refractivity contribution in [2.24, 2.45) is 4.99 Å². The lowest BCUT2D eigenvalue weighted by atomic mass is 10.2. The summed E-state index contributed by atoms with van der Waals surface area (Å²) < 4.78 is 1.17. The molecule has 2 heterocycles. The molecule has 0 atom stereocenters. The maximum atomic E-state index is 5.77. The number of rotatable bonds is 6. The number of guanidine groups is 1. The van der Waals surface area contributed by atoms with E-state index in [1.807, 2.05) is 12.1 Å². The van der Waals surface area contributed by atoms with E-state index in [2.05, 4.69) is 48.7 Å². The summed E-state index contributed by atoms with van der Waals surface area (Å²) in [6.07, 6.45) is 3.66. The van der Waals surface area contributed by atoms with E-state index in [1.165, 1.54) is 8.66 Å². The highest BCUT2D eigenvalue weighted by atomic mass is 79.9. The van der Waals surface area contributed by atoms with E-state index in [4.69, 9.17) is 11.6 Å². The van der Waals surface area contributed by atoms with Gasteiger partial charge in [-0.3, -0.25) is 4.99 Å². The van der Waals surface area contributed by atoms with Gasteiger partial charge in [0.25, 0.3) is 0 Å². The highest BCUT2D eigenvalue weighted by Crippen LogP contribution is 2.21. The van der Waals surface area contributed by atoms with E-state index in [0.29, 0.717) is 5.15 Å². The summed E-state index contributed by atoms with van der Waals surface area (Å²) in [5.41, 5.74) is 1.15. The average Bonchev–Trinajstić information content (AvgIpc) is 2.93. The number of nitrogens with zero attached hydrogens (tertiary/aromatic N) is 2. The molecule has 7 heteroatoms. The van der Waals surface area contributed by atoms with Crippen molar-refractivity contribution < 1.29 is 0 Å². The molecule has 2 N–H and O–H groups in total. The molecule has 0 bridgehead atoms. The molecule has 0 aliphatic carbocycles. The highest BCUT2D eigenvalue weighted by Gasteiger charge is 2.01. The van der Waals surface area contributed by atoms with E-state index in [1.54, 1.807) is 24.6 Å². The zero-order chi connectivity index (χ0) is 15.8. The normalized spacial score (nSPS) is 11.5. The highest BCUT2D eigenvalue weighted by molar-refractivity contribution is 9.11. The van der Waals surface area contributed by atoms with Crippen molar-refractivity contribution in [3.63, 3.8) is 0 Å². The molecule has 0 saturated heterocycles. The molecule has 0 unspecified atom stereocenters. The first kappa shape index (κ1) is 17.2. The number of thiophene rings is 1. The Hall–Kier alpha value is -1.11. The predicted molar refractivity (Wildman–Crippen MR) is 98.0 cm³/mol. The third-order valence-electron chi connectivity index (χ3n) is 3.01. The van der Waals surface area contributed by atoms with Gasteiger partial charge in [0.15, 0.2) is 5.96 Å². The summed E-state index contributed by atoms with van der Waals surface area (Å²) in [6.45, 7) is 1.66. The fraction of sp³-hybridized carbons (Fsp3) is 0.333. The first-order valence-electron chi connectivity index (χ1n) is 6.96. The van der Waals surface area contributed by atoms with Gasteiger partial charge in [0, 0.05) is 31.2 Å². The lowest BCUT2D eigenvalue weighted by molar-refractivity contribution is 0.786. The molecule has 0 amide bonds. The van der Waals surface area contributed by atoms with Gasteiger partial charge in [-0.1, -0.05) is 17.7 Å². The second-order valence-corrected chi connectivity index (χ2v) is 7.56. The molecule has 0 fully saturated rings. The number of aliphatic imine (C=N–C) groups is 1. The van der Waals surface area contributed by atoms with Crippen molar-refractivity contribution in [3.05, 3.63) is 49.8 Å². The maximum absolute atomic E-state index is 5.77. The number of nitrogens with one attached hydrogen (secondary N) is 2. The fourth-order valence-corrected chi connectivity index (χ4v) is 3.48. The Bertz CT molecular complexity index is 612. The minimum Gasteiger partial charge on any atom is -0.356 e.